The standard InChI is InChI=1S/C15H23N3O2/c1-11(12-7-9-16-10-8-12)17-15(19)18-13-5-3-4-6-14(13)20-2/h3-6,11-12,16H,7-10H2,1-2H3,(H2,17,18,19). The Balaban J connectivity index is 1.88. The minimum absolute atomic E-state index is 0.173. The van der Waals surface area contributed by atoms with Gasteiger partial charge in [-0.25, -0.2) is 4.79 Å². The molecule has 3 N–H and O–H groups in total. The molecule has 5 heteroatoms. The number of carbonyl (C=O) groups is 1. The van der Waals surface area contributed by atoms with Gasteiger partial charge in [0.15, 0.2) is 0 Å². The molecule has 1 fully saturated rings. The van der Waals surface area contributed by atoms with Gasteiger partial charge in [-0.05, 0) is 50.9 Å². The third kappa shape index (κ3) is 3.87. The Morgan fingerprint density at radius 2 is 2.05 bits per heavy atom. The topological polar surface area (TPSA) is 62.4 Å². The van der Waals surface area contributed by atoms with E-state index < -0.39 is 0 Å². The van der Waals surface area contributed by atoms with E-state index in [2.05, 4.69) is 22.9 Å². The van der Waals surface area contributed by atoms with E-state index in [1.807, 2.05) is 24.3 Å². The zero-order valence-corrected chi connectivity index (χ0v) is 12.1. The van der Waals surface area contributed by atoms with Gasteiger partial charge in [0.1, 0.15) is 5.75 Å². The summed E-state index contributed by atoms with van der Waals surface area (Å²) < 4.78 is 5.22. The van der Waals surface area contributed by atoms with Gasteiger partial charge in [-0.2, -0.15) is 0 Å². The van der Waals surface area contributed by atoms with Crippen molar-refractivity contribution in [2.45, 2.75) is 25.8 Å². The van der Waals surface area contributed by atoms with Crippen molar-refractivity contribution in [1.82, 2.24) is 10.6 Å². The van der Waals surface area contributed by atoms with Crippen LogP contribution in [0.3, 0.4) is 0 Å². The maximum absolute atomic E-state index is 12.0. The summed E-state index contributed by atoms with van der Waals surface area (Å²) in [6, 6.07) is 7.39. The van der Waals surface area contributed by atoms with Crippen molar-refractivity contribution in [2.75, 3.05) is 25.5 Å². The lowest BCUT2D eigenvalue weighted by Crippen LogP contribution is -2.44. The highest BCUT2D eigenvalue weighted by atomic mass is 16.5. The molecule has 2 amide bonds. The first-order valence-corrected chi connectivity index (χ1v) is 7.12. The fourth-order valence-corrected chi connectivity index (χ4v) is 2.58. The first kappa shape index (κ1) is 14.7. The smallest absolute Gasteiger partial charge is 0.319 e. The number of carbonyl (C=O) groups excluding carboxylic acids is 1. The van der Waals surface area contributed by atoms with Crippen molar-refractivity contribution in [2.24, 2.45) is 5.92 Å². The van der Waals surface area contributed by atoms with Gasteiger partial charge in [0, 0.05) is 6.04 Å². The fourth-order valence-electron chi connectivity index (χ4n) is 2.58. The number of nitrogens with one attached hydrogen (secondary N) is 3. The van der Waals surface area contributed by atoms with Crippen molar-refractivity contribution in [3.8, 4) is 5.75 Å². The van der Waals surface area contributed by atoms with E-state index in [-0.39, 0.29) is 12.1 Å². The maximum atomic E-state index is 12.0. The van der Waals surface area contributed by atoms with Crippen LogP contribution in [0.2, 0.25) is 0 Å². The number of hydrogen-bond donors (Lipinski definition) is 3. The third-order valence-corrected chi connectivity index (χ3v) is 3.80. The van der Waals surface area contributed by atoms with Crippen LogP contribution in [0.4, 0.5) is 10.5 Å². The van der Waals surface area contributed by atoms with E-state index >= 15 is 0 Å². The zero-order valence-electron chi connectivity index (χ0n) is 12.1. The molecule has 2 rings (SSSR count). The average molecular weight is 277 g/mol. The Morgan fingerprint density at radius 1 is 1.35 bits per heavy atom. The van der Waals surface area contributed by atoms with Gasteiger partial charge in [0.05, 0.1) is 12.8 Å². The molecule has 20 heavy (non-hydrogen) atoms. The van der Waals surface area contributed by atoms with E-state index in [0.29, 0.717) is 17.4 Å². The Morgan fingerprint density at radius 3 is 2.75 bits per heavy atom. The van der Waals surface area contributed by atoms with Crippen molar-refractivity contribution in [3.63, 3.8) is 0 Å². The molecule has 1 saturated heterocycles. The minimum Gasteiger partial charge on any atom is -0.495 e. The molecule has 0 bridgehead atoms. The number of urea groups is 1. The summed E-state index contributed by atoms with van der Waals surface area (Å²) in [5.41, 5.74) is 0.685. The summed E-state index contributed by atoms with van der Waals surface area (Å²) in [6.45, 7) is 4.13. The van der Waals surface area contributed by atoms with Crippen LogP contribution in [0.1, 0.15) is 19.8 Å². The van der Waals surface area contributed by atoms with Gasteiger partial charge < -0.3 is 20.7 Å². The number of rotatable bonds is 4. The predicted molar refractivity (Wildman–Crippen MR) is 80.2 cm³/mol. The highest BCUT2D eigenvalue weighted by Gasteiger charge is 2.21. The molecule has 0 aromatic heterocycles. The van der Waals surface area contributed by atoms with Gasteiger partial charge in [-0.1, -0.05) is 12.1 Å². The number of hydrogen-bond acceptors (Lipinski definition) is 3. The molecule has 1 aliphatic rings. The molecule has 0 saturated carbocycles. The number of benzene rings is 1. The lowest BCUT2D eigenvalue weighted by Gasteiger charge is -2.28. The highest BCUT2D eigenvalue weighted by Crippen LogP contribution is 2.23. The molecular weight excluding hydrogens is 254 g/mol. The summed E-state index contributed by atoms with van der Waals surface area (Å²) in [7, 11) is 1.59. The molecule has 1 heterocycles. The quantitative estimate of drug-likeness (QED) is 0.790. The second-order valence-electron chi connectivity index (χ2n) is 5.17. The first-order chi connectivity index (χ1) is 9.70. The second kappa shape index (κ2) is 7.14. The average Bonchev–Trinajstić information content (AvgIpc) is 2.48. The molecule has 110 valence electrons. The Kier molecular flexibility index (Phi) is 5.24. The first-order valence-electron chi connectivity index (χ1n) is 7.12. The number of para-hydroxylation sites is 2. The molecular formula is C15H23N3O2. The molecule has 0 aliphatic carbocycles. The van der Waals surface area contributed by atoms with Crippen LogP contribution in [0, 0.1) is 5.92 Å². The Bertz CT molecular complexity index is 444. The second-order valence-corrected chi connectivity index (χ2v) is 5.17. The number of amides is 2. The normalized spacial score (nSPS) is 17.3. The van der Waals surface area contributed by atoms with Crippen LogP contribution in [-0.2, 0) is 0 Å². The van der Waals surface area contributed by atoms with Gasteiger partial charge >= 0.3 is 6.03 Å². The maximum Gasteiger partial charge on any atom is 0.319 e. The van der Waals surface area contributed by atoms with Gasteiger partial charge in [-0.15, -0.1) is 0 Å². The van der Waals surface area contributed by atoms with E-state index in [1.54, 1.807) is 7.11 Å². The Labute approximate surface area is 120 Å². The molecule has 1 aliphatic heterocycles. The summed E-state index contributed by atoms with van der Waals surface area (Å²) in [4.78, 5) is 12.0. The number of ether oxygens (including phenoxy) is 1. The highest BCUT2D eigenvalue weighted by molar-refractivity contribution is 5.91. The van der Waals surface area contributed by atoms with E-state index in [9.17, 15) is 4.79 Å². The van der Waals surface area contributed by atoms with Gasteiger partial charge in [0.25, 0.3) is 0 Å². The SMILES string of the molecule is COc1ccccc1NC(=O)NC(C)C1CCNCC1. The Hall–Kier alpha value is -1.75. The van der Waals surface area contributed by atoms with E-state index in [0.717, 1.165) is 25.9 Å². The number of piperidine rings is 1. The van der Waals surface area contributed by atoms with Gasteiger partial charge in [0.2, 0.25) is 0 Å². The van der Waals surface area contributed by atoms with Crippen molar-refractivity contribution < 1.29 is 9.53 Å². The molecule has 1 aromatic rings. The number of methoxy groups -OCH3 is 1. The molecule has 1 atom stereocenters. The van der Waals surface area contributed by atoms with Crippen LogP contribution < -0.4 is 20.7 Å². The summed E-state index contributed by atoms with van der Waals surface area (Å²) in [5, 5.41) is 9.19. The monoisotopic (exact) mass is 277 g/mol. The van der Waals surface area contributed by atoms with Crippen LogP contribution in [0.25, 0.3) is 0 Å². The largest absolute Gasteiger partial charge is 0.495 e. The van der Waals surface area contributed by atoms with Crippen molar-refractivity contribution in [3.05, 3.63) is 24.3 Å². The summed E-state index contributed by atoms with van der Waals surface area (Å²) in [5.74, 6) is 1.21. The summed E-state index contributed by atoms with van der Waals surface area (Å²) in [6.07, 6.45) is 2.21. The molecule has 0 radical (unpaired) electrons. The fraction of sp³-hybridized carbons (Fsp3) is 0.533. The van der Waals surface area contributed by atoms with E-state index in [1.165, 1.54) is 0 Å². The number of anilines is 1. The lowest BCUT2D eigenvalue weighted by molar-refractivity contribution is 0.237. The molecule has 1 aromatic carbocycles. The zero-order chi connectivity index (χ0) is 14.4. The third-order valence-electron chi connectivity index (χ3n) is 3.80. The van der Waals surface area contributed by atoms with Crippen LogP contribution in [-0.4, -0.2) is 32.3 Å². The van der Waals surface area contributed by atoms with Crippen LogP contribution in [0.5, 0.6) is 5.75 Å². The summed E-state index contributed by atoms with van der Waals surface area (Å²) >= 11 is 0. The van der Waals surface area contributed by atoms with Crippen molar-refractivity contribution in [1.29, 1.82) is 0 Å². The molecule has 1 unspecified atom stereocenters. The van der Waals surface area contributed by atoms with Crippen molar-refractivity contribution >= 4 is 11.7 Å². The molecule has 0 spiro atoms. The van der Waals surface area contributed by atoms with Crippen LogP contribution >= 0.6 is 0 Å². The van der Waals surface area contributed by atoms with E-state index in [4.69, 9.17) is 4.74 Å². The lowest BCUT2D eigenvalue weighted by atomic mass is 9.91. The predicted octanol–water partition coefficient (Wildman–Crippen LogP) is 2.20. The van der Waals surface area contributed by atoms with Gasteiger partial charge in [-0.3, -0.25) is 0 Å². The minimum atomic E-state index is -0.180. The molecule has 5 nitrogen and oxygen atoms in total. The van der Waals surface area contributed by atoms with Crippen LogP contribution in [0.15, 0.2) is 24.3 Å².